The summed E-state index contributed by atoms with van der Waals surface area (Å²) in [4.78, 5) is 9.18. The summed E-state index contributed by atoms with van der Waals surface area (Å²) >= 11 is 0. The van der Waals surface area contributed by atoms with Gasteiger partial charge in [-0.25, -0.2) is 0 Å². The third-order valence-electron chi connectivity index (χ3n) is 2.20. The van der Waals surface area contributed by atoms with E-state index in [1.807, 2.05) is 0 Å². The van der Waals surface area contributed by atoms with E-state index in [1.54, 1.807) is 0 Å². The average molecular weight is 266 g/mol. The maximum absolute atomic E-state index is 9.39. The summed E-state index contributed by atoms with van der Waals surface area (Å²) in [5.74, 6) is -2.18. The van der Waals surface area contributed by atoms with Gasteiger partial charge in [0.1, 0.15) is 0 Å². The highest BCUT2D eigenvalue weighted by Crippen LogP contribution is 2.36. The third-order valence-corrected chi connectivity index (χ3v) is 2.20. The van der Waals surface area contributed by atoms with Crippen molar-refractivity contribution in [2.75, 3.05) is 0 Å². The van der Waals surface area contributed by atoms with Crippen LogP contribution >= 0.6 is 0 Å². The Morgan fingerprint density at radius 1 is 0.632 bits per heavy atom. The fourth-order valence-corrected chi connectivity index (χ4v) is 1.25. The van der Waals surface area contributed by atoms with E-state index in [4.69, 9.17) is 0 Å². The van der Waals surface area contributed by atoms with Gasteiger partial charge in [0.05, 0.1) is 0 Å². The van der Waals surface area contributed by atoms with Crippen LogP contribution in [0, 0.1) is 0 Å². The Balaban J connectivity index is 2.00. The molecule has 2 aromatic carbocycles. The molecule has 0 spiro atoms. The van der Waals surface area contributed by atoms with E-state index in [1.165, 1.54) is 36.4 Å². The molecule has 100 valence electrons. The van der Waals surface area contributed by atoms with Crippen LogP contribution in [0.2, 0.25) is 0 Å². The monoisotopic (exact) mass is 266 g/mol. The van der Waals surface area contributed by atoms with Gasteiger partial charge in [0.15, 0.2) is 11.5 Å². The largest absolute Gasteiger partial charge is 0.504 e. The molecule has 0 saturated heterocycles. The van der Waals surface area contributed by atoms with Gasteiger partial charge in [-0.2, -0.15) is 0 Å². The van der Waals surface area contributed by atoms with Gasteiger partial charge in [-0.15, -0.1) is 0 Å². The molecular weight excluding hydrogens is 256 g/mol. The van der Waals surface area contributed by atoms with Crippen LogP contribution in [0.5, 0.6) is 34.5 Å². The minimum absolute atomic E-state index is 0.181. The summed E-state index contributed by atoms with van der Waals surface area (Å²) in [5, 5.41) is 41.5. The van der Waals surface area contributed by atoms with E-state index >= 15 is 0 Å². The standard InChI is InChI=1S/C12H10O7/c13-7-3-1-5-9(11(7)15)17-19-18-10-6-2-4-8(14)12(10)16/h1-6,13-16H. The van der Waals surface area contributed by atoms with Crippen molar-refractivity contribution < 1.29 is 35.2 Å². The lowest BCUT2D eigenvalue weighted by atomic mass is 10.3. The van der Waals surface area contributed by atoms with Crippen LogP contribution in [0.4, 0.5) is 0 Å². The van der Waals surface area contributed by atoms with Gasteiger partial charge in [-0.1, -0.05) is 12.1 Å². The molecule has 0 unspecified atom stereocenters. The first-order valence-electron chi connectivity index (χ1n) is 5.12. The van der Waals surface area contributed by atoms with Gasteiger partial charge in [-0.05, 0) is 24.3 Å². The highest BCUT2D eigenvalue weighted by atomic mass is 17.5. The van der Waals surface area contributed by atoms with Crippen molar-refractivity contribution in [3.8, 4) is 34.5 Å². The molecule has 0 atom stereocenters. The van der Waals surface area contributed by atoms with Crippen LogP contribution in [0.15, 0.2) is 36.4 Å². The Kier molecular flexibility index (Phi) is 3.48. The first-order chi connectivity index (χ1) is 9.09. The highest BCUT2D eigenvalue weighted by Gasteiger charge is 2.11. The molecule has 0 radical (unpaired) electrons. The van der Waals surface area contributed by atoms with E-state index in [9.17, 15) is 20.4 Å². The van der Waals surface area contributed by atoms with Crippen molar-refractivity contribution in [2.24, 2.45) is 0 Å². The number of benzene rings is 2. The van der Waals surface area contributed by atoms with Crippen LogP contribution < -0.4 is 9.78 Å². The molecule has 19 heavy (non-hydrogen) atoms. The van der Waals surface area contributed by atoms with Crippen molar-refractivity contribution in [1.29, 1.82) is 0 Å². The maximum atomic E-state index is 9.39. The molecule has 0 fully saturated rings. The van der Waals surface area contributed by atoms with Gasteiger partial charge in [0, 0.05) is 5.04 Å². The molecule has 7 nitrogen and oxygen atoms in total. The Labute approximate surface area is 107 Å². The van der Waals surface area contributed by atoms with Crippen molar-refractivity contribution in [3.05, 3.63) is 36.4 Å². The lowest BCUT2D eigenvalue weighted by Gasteiger charge is -2.07. The van der Waals surface area contributed by atoms with E-state index < -0.39 is 11.5 Å². The maximum Gasteiger partial charge on any atom is 0.215 e. The molecule has 0 aromatic heterocycles. The van der Waals surface area contributed by atoms with Gasteiger partial charge >= 0.3 is 0 Å². The van der Waals surface area contributed by atoms with Crippen LogP contribution in [-0.4, -0.2) is 20.4 Å². The second-order valence-electron chi connectivity index (χ2n) is 3.48. The number of phenolic OH excluding ortho intramolecular Hbond substituents is 4. The van der Waals surface area contributed by atoms with Crippen molar-refractivity contribution in [3.63, 3.8) is 0 Å². The molecule has 7 heteroatoms. The number of aromatic hydroxyl groups is 4. The van der Waals surface area contributed by atoms with Crippen LogP contribution in [0.3, 0.4) is 0 Å². The molecule has 0 aliphatic heterocycles. The zero-order chi connectivity index (χ0) is 13.8. The van der Waals surface area contributed by atoms with Crippen LogP contribution in [-0.2, 0) is 5.04 Å². The molecule has 0 amide bonds. The van der Waals surface area contributed by atoms with Crippen LogP contribution in [0.1, 0.15) is 0 Å². The fraction of sp³-hybridized carbons (Fsp3) is 0. The summed E-state index contributed by atoms with van der Waals surface area (Å²) in [6, 6.07) is 7.98. The van der Waals surface area contributed by atoms with Gasteiger partial charge in [0.2, 0.25) is 23.0 Å². The first kappa shape index (κ1) is 12.7. The van der Waals surface area contributed by atoms with Crippen molar-refractivity contribution in [1.82, 2.24) is 0 Å². The zero-order valence-corrected chi connectivity index (χ0v) is 9.48. The second-order valence-corrected chi connectivity index (χ2v) is 3.48. The number of phenols is 4. The molecule has 2 rings (SSSR count). The molecule has 0 heterocycles. The topological polar surface area (TPSA) is 109 Å². The lowest BCUT2D eigenvalue weighted by molar-refractivity contribution is -0.411. The van der Waals surface area contributed by atoms with E-state index in [-0.39, 0.29) is 23.0 Å². The average Bonchev–Trinajstić information content (AvgIpc) is 2.39. The summed E-state index contributed by atoms with van der Waals surface area (Å²) in [6.45, 7) is 0. The number of rotatable bonds is 4. The third kappa shape index (κ3) is 2.72. The predicted molar refractivity (Wildman–Crippen MR) is 61.9 cm³/mol. The molecule has 4 N–H and O–H groups in total. The Bertz CT molecular complexity index is 531. The van der Waals surface area contributed by atoms with E-state index in [0.29, 0.717) is 0 Å². The Hall–Kier alpha value is -2.80. The van der Waals surface area contributed by atoms with Gasteiger partial charge < -0.3 is 20.4 Å². The minimum Gasteiger partial charge on any atom is -0.504 e. The molecular formula is C12H10O7. The summed E-state index contributed by atoms with van der Waals surface area (Å²) < 4.78 is 0. The van der Waals surface area contributed by atoms with Gasteiger partial charge in [0.25, 0.3) is 0 Å². The minimum atomic E-state index is -0.522. The highest BCUT2D eigenvalue weighted by molar-refractivity contribution is 5.49. The quantitative estimate of drug-likeness (QED) is 0.379. The summed E-state index contributed by atoms with van der Waals surface area (Å²) in [7, 11) is 0. The fourth-order valence-electron chi connectivity index (χ4n) is 1.25. The number of para-hydroxylation sites is 2. The predicted octanol–water partition coefficient (Wildman–Crippen LogP) is 1.81. The lowest BCUT2D eigenvalue weighted by Crippen LogP contribution is -2.02. The molecule has 0 aliphatic rings. The first-order valence-corrected chi connectivity index (χ1v) is 5.12. The SMILES string of the molecule is Oc1cccc(OOOc2cccc(O)c2O)c1O. The van der Waals surface area contributed by atoms with E-state index in [0.717, 1.165) is 0 Å². The smallest absolute Gasteiger partial charge is 0.215 e. The number of hydrogen-bond acceptors (Lipinski definition) is 7. The van der Waals surface area contributed by atoms with E-state index in [2.05, 4.69) is 14.8 Å². The summed E-state index contributed by atoms with van der Waals surface area (Å²) in [6.07, 6.45) is 0. The molecule has 0 saturated carbocycles. The van der Waals surface area contributed by atoms with Gasteiger partial charge in [-0.3, -0.25) is 9.78 Å². The summed E-state index contributed by atoms with van der Waals surface area (Å²) in [5.41, 5.74) is 0. The number of hydrogen-bond donors (Lipinski definition) is 4. The van der Waals surface area contributed by atoms with Crippen molar-refractivity contribution in [2.45, 2.75) is 0 Å². The molecule has 0 bridgehead atoms. The molecule has 2 aromatic rings. The zero-order valence-electron chi connectivity index (χ0n) is 9.48. The Morgan fingerprint density at radius 2 is 1.05 bits per heavy atom. The molecule has 0 aliphatic carbocycles. The normalized spacial score (nSPS) is 10.1. The van der Waals surface area contributed by atoms with Crippen molar-refractivity contribution >= 4 is 0 Å². The van der Waals surface area contributed by atoms with Crippen LogP contribution in [0.25, 0.3) is 0 Å². The second kappa shape index (κ2) is 5.23. The Morgan fingerprint density at radius 3 is 1.47 bits per heavy atom.